The molecule has 0 aliphatic heterocycles. The highest BCUT2D eigenvalue weighted by atomic mass is 19.1. The van der Waals surface area contributed by atoms with Crippen LogP contribution in [0.25, 0.3) is 0 Å². The van der Waals surface area contributed by atoms with Gasteiger partial charge in [0.15, 0.2) is 0 Å². The zero-order valence-electron chi connectivity index (χ0n) is 8.59. The highest BCUT2D eigenvalue weighted by molar-refractivity contribution is 5.31. The molecule has 0 spiro atoms. The van der Waals surface area contributed by atoms with Gasteiger partial charge < -0.3 is 10.5 Å². The number of nitrogens with two attached hydrogens (primary N) is 1. The molecule has 0 heterocycles. The largest absolute Gasteiger partial charge is 0.383 e. The van der Waals surface area contributed by atoms with Crippen molar-refractivity contribution >= 4 is 0 Å². The summed E-state index contributed by atoms with van der Waals surface area (Å²) in [6, 6.07) is 4.75. The van der Waals surface area contributed by atoms with Gasteiger partial charge >= 0.3 is 0 Å². The van der Waals surface area contributed by atoms with Gasteiger partial charge in [0.2, 0.25) is 0 Å². The SMILES string of the molecule is CCc1c(F)cccc1[C@@H](N)COC. The number of rotatable bonds is 4. The van der Waals surface area contributed by atoms with Crippen LogP contribution in [0.5, 0.6) is 0 Å². The molecule has 78 valence electrons. The second kappa shape index (κ2) is 5.08. The lowest BCUT2D eigenvalue weighted by Crippen LogP contribution is -2.18. The summed E-state index contributed by atoms with van der Waals surface area (Å²) < 4.78 is 18.3. The molecule has 0 fully saturated rings. The number of hydrogen-bond acceptors (Lipinski definition) is 2. The molecule has 1 aromatic carbocycles. The van der Waals surface area contributed by atoms with Gasteiger partial charge in [0, 0.05) is 7.11 Å². The summed E-state index contributed by atoms with van der Waals surface area (Å²) in [5, 5.41) is 0. The Morgan fingerprint density at radius 3 is 2.79 bits per heavy atom. The summed E-state index contributed by atoms with van der Waals surface area (Å²) in [6.07, 6.45) is 0.652. The third kappa shape index (κ3) is 2.30. The first-order chi connectivity index (χ1) is 6.70. The lowest BCUT2D eigenvalue weighted by Gasteiger charge is -2.15. The molecule has 0 radical (unpaired) electrons. The fraction of sp³-hybridized carbons (Fsp3) is 0.455. The molecule has 2 N–H and O–H groups in total. The van der Waals surface area contributed by atoms with Crippen molar-refractivity contribution in [3.8, 4) is 0 Å². The van der Waals surface area contributed by atoms with E-state index in [2.05, 4.69) is 0 Å². The number of benzene rings is 1. The topological polar surface area (TPSA) is 35.2 Å². The molecule has 1 atom stereocenters. The van der Waals surface area contributed by atoms with Crippen LogP contribution in [0.2, 0.25) is 0 Å². The molecule has 0 unspecified atom stereocenters. The maximum absolute atomic E-state index is 13.4. The Kier molecular flexibility index (Phi) is 4.04. The van der Waals surface area contributed by atoms with Crippen LogP contribution in [0, 0.1) is 5.82 Å². The molecule has 0 aliphatic rings. The molecular formula is C11H16FNO. The zero-order chi connectivity index (χ0) is 10.6. The first-order valence-electron chi connectivity index (χ1n) is 4.72. The second-order valence-electron chi connectivity index (χ2n) is 3.22. The number of ether oxygens (including phenoxy) is 1. The van der Waals surface area contributed by atoms with Gasteiger partial charge in [0.1, 0.15) is 5.82 Å². The van der Waals surface area contributed by atoms with Crippen LogP contribution in [0.3, 0.4) is 0 Å². The van der Waals surface area contributed by atoms with Crippen LogP contribution in [0.4, 0.5) is 4.39 Å². The summed E-state index contributed by atoms with van der Waals surface area (Å²) in [5.74, 6) is -0.184. The van der Waals surface area contributed by atoms with Gasteiger partial charge in [-0.25, -0.2) is 4.39 Å². The Labute approximate surface area is 83.9 Å². The second-order valence-corrected chi connectivity index (χ2v) is 3.22. The molecule has 0 saturated heterocycles. The molecule has 2 nitrogen and oxygen atoms in total. The molecule has 1 aromatic rings. The number of hydrogen-bond donors (Lipinski definition) is 1. The van der Waals surface area contributed by atoms with Gasteiger partial charge in [0.05, 0.1) is 12.6 Å². The van der Waals surface area contributed by atoms with E-state index in [1.165, 1.54) is 6.07 Å². The van der Waals surface area contributed by atoms with Gasteiger partial charge in [-0.3, -0.25) is 0 Å². The fourth-order valence-corrected chi connectivity index (χ4v) is 1.57. The Balaban J connectivity index is 3.00. The molecule has 1 rings (SSSR count). The smallest absolute Gasteiger partial charge is 0.126 e. The van der Waals surface area contributed by atoms with Crippen molar-refractivity contribution in [3.05, 3.63) is 35.1 Å². The van der Waals surface area contributed by atoms with E-state index in [0.717, 1.165) is 5.56 Å². The van der Waals surface area contributed by atoms with E-state index in [4.69, 9.17) is 10.5 Å². The van der Waals surface area contributed by atoms with E-state index in [9.17, 15) is 4.39 Å². The minimum Gasteiger partial charge on any atom is -0.383 e. The van der Waals surface area contributed by atoms with Crippen molar-refractivity contribution in [1.82, 2.24) is 0 Å². The average molecular weight is 197 g/mol. The first kappa shape index (κ1) is 11.1. The predicted octanol–water partition coefficient (Wildman–Crippen LogP) is 2.03. The van der Waals surface area contributed by atoms with Crippen LogP contribution in [0.15, 0.2) is 18.2 Å². The van der Waals surface area contributed by atoms with Crippen LogP contribution in [-0.2, 0) is 11.2 Å². The highest BCUT2D eigenvalue weighted by Crippen LogP contribution is 2.19. The Hall–Kier alpha value is -0.930. The third-order valence-electron chi connectivity index (χ3n) is 2.25. The van der Waals surface area contributed by atoms with Gasteiger partial charge in [-0.15, -0.1) is 0 Å². The lowest BCUT2D eigenvalue weighted by atomic mass is 9.99. The quantitative estimate of drug-likeness (QED) is 0.801. The van der Waals surface area contributed by atoms with Crippen LogP contribution in [-0.4, -0.2) is 13.7 Å². The van der Waals surface area contributed by atoms with Crippen molar-refractivity contribution in [3.63, 3.8) is 0 Å². The van der Waals surface area contributed by atoms with E-state index >= 15 is 0 Å². The van der Waals surface area contributed by atoms with Crippen molar-refractivity contribution in [2.45, 2.75) is 19.4 Å². The highest BCUT2D eigenvalue weighted by Gasteiger charge is 2.12. The van der Waals surface area contributed by atoms with Crippen LogP contribution < -0.4 is 5.73 Å². The average Bonchev–Trinajstić information content (AvgIpc) is 2.17. The summed E-state index contributed by atoms with van der Waals surface area (Å²) in [7, 11) is 1.59. The van der Waals surface area contributed by atoms with Crippen LogP contribution in [0.1, 0.15) is 24.1 Å². The van der Waals surface area contributed by atoms with E-state index < -0.39 is 0 Å². The standard InChI is InChI=1S/C11H16FNO/c1-3-8-9(11(13)7-14-2)5-4-6-10(8)12/h4-6,11H,3,7,13H2,1-2H3/t11-/m0/s1. The fourth-order valence-electron chi connectivity index (χ4n) is 1.57. The predicted molar refractivity (Wildman–Crippen MR) is 54.6 cm³/mol. The van der Waals surface area contributed by atoms with E-state index in [-0.39, 0.29) is 11.9 Å². The number of halogens is 1. The van der Waals surface area contributed by atoms with Crippen molar-refractivity contribution < 1.29 is 9.13 Å². The first-order valence-corrected chi connectivity index (χ1v) is 4.72. The number of methoxy groups -OCH3 is 1. The van der Waals surface area contributed by atoms with Gasteiger partial charge in [0.25, 0.3) is 0 Å². The molecule has 0 aliphatic carbocycles. The normalized spacial score (nSPS) is 12.9. The van der Waals surface area contributed by atoms with E-state index in [1.54, 1.807) is 13.2 Å². The summed E-state index contributed by atoms with van der Waals surface area (Å²) in [6.45, 7) is 2.33. The van der Waals surface area contributed by atoms with E-state index in [0.29, 0.717) is 18.6 Å². The Morgan fingerprint density at radius 1 is 1.50 bits per heavy atom. The monoisotopic (exact) mass is 197 g/mol. The molecule has 0 amide bonds. The summed E-state index contributed by atoms with van der Waals surface area (Å²) in [5.41, 5.74) is 7.39. The zero-order valence-corrected chi connectivity index (χ0v) is 8.59. The van der Waals surface area contributed by atoms with Gasteiger partial charge in [-0.1, -0.05) is 19.1 Å². The molecular weight excluding hydrogens is 181 g/mol. The maximum Gasteiger partial charge on any atom is 0.126 e. The van der Waals surface area contributed by atoms with Gasteiger partial charge in [-0.2, -0.15) is 0 Å². The molecule has 14 heavy (non-hydrogen) atoms. The van der Waals surface area contributed by atoms with Crippen molar-refractivity contribution in [2.24, 2.45) is 5.73 Å². The van der Waals surface area contributed by atoms with Crippen molar-refractivity contribution in [1.29, 1.82) is 0 Å². The van der Waals surface area contributed by atoms with Crippen molar-refractivity contribution in [2.75, 3.05) is 13.7 Å². The summed E-state index contributed by atoms with van der Waals surface area (Å²) >= 11 is 0. The molecule has 0 bridgehead atoms. The maximum atomic E-state index is 13.4. The molecule has 0 saturated carbocycles. The molecule has 0 aromatic heterocycles. The Bertz CT molecular complexity index is 301. The molecule has 3 heteroatoms. The van der Waals surface area contributed by atoms with Crippen LogP contribution >= 0.6 is 0 Å². The van der Waals surface area contributed by atoms with Gasteiger partial charge in [-0.05, 0) is 23.6 Å². The lowest BCUT2D eigenvalue weighted by molar-refractivity contribution is 0.180. The van der Waals surface area contributed by atoms with E-state index in [1.807, 2.05) is 13.0 Å². The third-order valence-corrected chi connectivity index (χ3v) is 2.25. The minimum absolute atomic E-state index is 0.184. The minimum atomic E-state index is -0.245. The Morgan fingerprint density at radius 2 is 2.21 bits per heavy atom. The summed E-state index contributed by atoms with van der Waals surface area (Å²) in [4.78, 5) is 0.